The van der Waals surface area contributed by atoms with E-state index in [1.807, 2.05) is 126 Å². The zero-order valence-corrected chi connectivity index (χ0v) is 42.0. The predicted octanol–water partition coefficient (Wildman–Crippen LogP) is 12.0. The van der Waals surface area contributed by atoms with E-state index >= 15 is 0 Å². The Morgan fingerprint density at radius 1 is 0.212 bits per heavy atom. The van der Waals surface area contributed by atoms with E-state index in [-0.39, 0.29) is 0 Å². The van der Waals surface area contributed by atoms with Crippen molar-refractivity contribution in [2.45, 2.75) is 41.5 Å². The summed E-state index contributed by atoms with van der Waals surface area (Å²) in [6, 6.07) is 27.3. The summed E-state index contributed by atoms with van der Waals surface area (Å²) in [6.07, 6.45) is 0. The van der Waals surface area contributed by atoms with Crippen molar-refractivity contribution in [3.63, 3.8) is 0 Å². The van der Waals surface area contributed by atoms with E-state index in [1.54, 1.807) is 85.3 Å². The molecule has 0 saturated heterocycles. The topological polar surface area (TPSA) is 111 Å². The maximum atomic E-state index is 5.53. The lowest BCUT2D eigenvalue weighted by Gasteiger charge is -2.17. The molecule has 0 N–H and O–H groups in total. The molecule has 0 bridgehead atoms. The Kier molecular flexibility index (Phi) is 21.0. The Hall–Kier alpha value is -7.08. The van der Waals surface area contributed by atoms with Gasteiger partial charge in [0.05, 0.1) is 85.3 Å². The average Bonchev–Trinajstić information content (AvgIpc) is 3.34. The van der Waals surface area contributed by atoms with Crippen LogP contribution in [-0.2, 0) is 0 Å². The van der Waals surface area contributed by atoms with Crippen molar-refractivity contribution in [1.82, 2.24) is 0 Å². The van der Waals surface area contributed by atoms with Gasteiger partial charge in [0.2, 0.25) is 0 Å². The van der Waals surface area contributed by atoms with Crippen molar-refractivity contribution in [1.29, 1.82) is 0 Å². The molecule has 0 radical (unpaired) electrons. The number of hydrogen-bond donors (Lipinski definition) is 0. The highest BCUT2D eigenvalue weighted by atomic mass is 16.5. The molecule has 0 heterocycles. The van der Waals surface area contributed by atoms with Gasteiger partial charge in [-0.1, -0.05) is 6.07 Å². The molecule has 0 aliphatic carbocycles. The summed E-state index contributed by atoms with van der Waals surface area (Å²) in [5, 5.41) is 0. The molecule has 0 saturated carbocycles. The summed E-state index contributed by atoms with van der Waals surface area (Å²) >= 11 is 0. The van der Waals surface area contributed by atoms with Crippen LogP contribution in [0.4, 0.5) is 0 Å². The summed E-state index contributed by atoms with van der Waals surface area (Å²) < 4.78 is 63.7. The Labute approximate surface area is 392 Å². The van der Waals surface area contributed by atoms with E-state index in [1.165, 1.54) is 5.56 Å². The minimum atomic E-state index is 0.706. The van der Waals surface area contributed by atoms with Crippen molar-refractivity contribution in [2.75, 3.05) is 85.3 Å². The third-order valence-electron chi connectivity index (χ3n) is 10.6. The molecule has 12 nitrogen and oxygen atoms in total. The van der Waals surface area contributed by atoms with E-state index in [0.717, 1.165) is 108 Å². The van der Waals surface area contributed by atoms with Crippen molar-refractivity contribution in [3.05, 3.63) is 118 Å². The number of benzene rings is 6. The first-order valence-electron chi connectivity index (χ1n) is 20.9. The van der Waals surface area contributed by atoms with Crippen molar-refractivity contribution < 1.29 is 56.8 Å². The second-order valence-corrected chi connectivity index (χ2v) is 14.8. The van der Waals surface area contributed by atoms with Crippen LogP contribution in [0.25, 0.3) is 22.3 Å². The summed E-state index contributed by atoms with van der Waals surface area (Å²) in [4.78, 5) is 0. The summed E-state index contributed by atoms with van der Waals surface area (Å²) in [5.74, 6) is 9.32. The van der Waals surface area contributed by atoms with Crippen LogP contribution in [0.5, 0.6) is 69.0 Å². The quantitative estimate of drug-likeness (QED) is 0.104. The van der Waals surface area contributed by atoms with E-state index in [0.29, 0.717) is 11.5 Å². The lowest BCUT2D eigenvalue weighted by molar-refractivity contribution is 0.354. The van der Waals surface area contributed by atoms with Crippen LogP contribution in [0.15, 0.2) is 84.9 Å². The zero-order chi connectivity index (χ0) is 49.1. The van der Waals surface area contributed by atoms with Crippen molar-refractivity contribution in [2.24, 2.45) is 0 Å². The number of aryl methyl sites for hydroxylation is 6. The van der Waals surface area contributed by atoms with E-state index in [4.69, 9.17) is 56.8 Å². The zero-order valence-electron chi connectivity index (χ0n) is 42.0. The molecular formula is C54H68O12. The van der Waals surface area contributed by atoms with Crippen LogP contribution in [-0.4, -0.2) is 85.3 Å². The second-order valence-electron chi connectivity index (χ2n) is 14.8. The molecule has 0 fully saturated rings. The first kappa shape index (κ1) is 53.3. The molecule has 0 aliphatic rings. The monoisotopic (exact) mass is 908 g/mol. The van der Waals surface area contributed by atoms with Gasteiger partial charge in [-0.2, -0.15) is 0 Å². The second kappa shape index (κ2) is 26.0. The Morgan fingerprint density at radius 3 is 0.864 bits per heavy atom. The molecule has 0 aromatic heterocycles. The smallest absolute Gasteiger partial charge is 0.161 e. The van der Waals surface area contributed by atoms with Gasteiger partial charge in [-0.15, -0.1) is 0 Å². The first-order chi connectivity index (χ1) is 31.6. The summed E-state index contributed by atoms with van der Waals surface area (Å²) in [5.41, 5.74) is 10.5. The number of rotatable bonds is 14. The average molecular weight is 909 g/mol. The SMILES string of the molecule is COc1cc(-c2cc(OC)c(C)cc2OC)c(OC)cc1C.COc1cc(C)c(-c2cc(OC)c(OC)cc2C)cc1OC.COc1ccc(C)cc1OC.COc1ccc(OC)c(C)c1. The highest BCUT2D eigenvalue weighted by molar-refractivity contribution is 5.80. The molecule has 0 unspecified atom stereocenters. The largest absolute Gasteiger partial charge is 0.497 e. The predicted molar refractivity (Wildman–Crippen MR) is 264 cm³/mol. The summed E-state index contributed by atoms with van der Waals surface area (Å²) in [7, 11) is 19.8. The van der Waals surface area contributed by atoms with Gasteiger partial charge in [0, 0.05) is 11.1 Å². The van der Waals surface area contributed by atoms with Gasteiger partial charge in [-0.25, -0.2) is 0 Å². The van der Waals surface area contributed by atoms with E-state index in [2.05, 4.69) is 0 Å². The number of ether oxygens (including phenoxy) is 12. The molecule has 0 amide bonds. The molecule has 66 heavy (non-hydrogen) atoms. The van der Waals surface area contributed by atoms with Crippen LogP contribution in [0.3, 0.4) is 0 Å². The van der Waals surface area contributed by atoms with Gasteiger partial charge in [0.1, 0.15) is 34.5 Å². The maximum Gasteiger partial charge on any atom is 0.161 e. The van der Waals surface area contributed by atoms with Crippen molar-refractivity contribution in [3.8, 4) is 91.2 Å². The molecule has 356 valence electrons. The number of hydrogen-bond acceptors (Lipinski definition) is 12. The van der Waals surface area contributed by atoms with Crippen LogP contribution in [0.2, 0.25) is 0 Å². The normalized spacial score (nSPS) is 9.97. The molecule has 0 spiro atoms. The Balaban J connectivity index is 0.000000246. The van der Waals surface area contributed by atoms with E-state index in [9.17, 15) is 0 Å². The third kappa shape index (κ3) is 13.5. The van der Waals surface area contributed by atoms with Gasteiger partial charge >= 0.3 is 0 Å². The fourth-order valence-corrected chi connectivity index (χ4v) is 6.98. The lowest BCUT2D eigenvalue weighted by atomic mass is 9.95. The number of methoxy groups -OCH3 is 12. The summed E-state index contributed by atoms with van der Waals surface area (Å²) in [6.45, 7) is 12.1. The molecule has 6 aromatic rings. The molecular weight excluding hydrogens is 841 g/mol. The molecule has 6 rings (SSSR count). The van der Waals surface area contributed by atoms with Crippen LogP contribution >= 0.6 is 0 Å². The highest BCUT2D eigenvalue weighted by Crippen LogP contribution is 2.43. The lowest BCUT2D eigenvalue weighted by Crippen LogP contribution is -1.97. The van der Waals surface area contributed by atoms with Crippen LogP contribution in [0, 0.1) is 41.5 Å². The fourth-order valence-electron chi connectivity index (χ4n) is 6.98. The molecule has 6 aromatic carbocycles. The van der Waals surface area contributed by atoms with Crippen molar-refractivity contribution >= 4 is 0 Å². The Morgan fingerprint density at radius 2 is 0.515 bits per heavy atom. The first-order valence-corrected chi connectivity index (χ1v) is 20.9. The molecule has 12 heteroatoms. The minimum absolute atomic E-state index is 0.706. The maximum absolute atomic E-state index is 5.53. The van der Waals surface area contributed by atoms with Gasteiger partial charge < -0.3 is 56.8 Å². The van der Waals surface area contributed by atoms with E-state index < -0.39 is 0 Å². The standard InChI is InChI=1S/2C18H22O4.2C9H12O2/c1-11-7-17(21-5)13(9-15(11)19-3)14-10-16(20-4)12(2)8-18(14)22-6;1-11-7-15(19-3)17(21-5)9-13(11)14-10-18(22-6)16(20-4)8-12(14)2;1-7-6-8(10-2)4-5-9(7)11-3;1-7-4-5-8(10-2)9(6-7)11-3/h2*7-10H,1-6H3;2*4-6H,1-3H3. The fraction of sp³-hybridized carbons (Fsp3) is 0.333. The van der Waals surface area contributed by atoms with Crippen LogP contribution in [0.1, 0.15) is 33.4 Å². The van der Waals surface area contributed by atoms with Gasteiger partial charge in [-0.3, -0.25) is 0 Å². The Bertz CT molecular complexity index is 2380. The highest BCUT2D eigenvalue weighted by Gasteiger charge is 2.18. The minimum Gasteiger partial charge on any atom is -0.497 e. The van der Waals surface area contributed by atoms with Crippen LogP contribution < -0.4 is 56.8 Å². The van der Waals surface area contributed by atoms with Gasteiger partial charge in [-0.05, 0) is 165 Å². The molecule has 0 atom stereocenters. The van der Waals surface area contributed by atoms with Gasteiger partial charge in [0.25, 0.3) is 0 Å². The molecule has 0 aliphatic heterocycles. The third-order valence-corrected chi connectivity index (χ3v) is 10.6. The van der Waals surface area contributed by atoms with Gasteiger partial charge in [0.15, 0.2) is 34.5 Å².